The van der Waals surface area contributed by atoms with Gasteiger partial charge in [-0.3, -0.25) is 4.79 Å². The number of nitrogens with one attached hydrogen (secondary N) is 3. The number of carbonyl (C=O) groups excluding carboxylic acids is 2. The first kappa shape index (κ1) is 16.0. The van der Waals surface area contributed by atoms with Gasteiger partial charge in [0.1, 0.15) is 0 Å². The number of thiophene rings is 1. The lowest BCUT2D eigenvalue weighted by Gasteiger charge is -2.07. The van der Waals surface area contributed by atoms with Crippen molar-refractivity contribution >= 4 is 39.2 Å². The van der Waals surface area contributed by atoms with E-state index in [1.807, 2.05) is 18.4 Å². The maximum atomic E-state index is 11.5. The van der Waals surface area contributed by atoms with E-state index in [0.717, 1.165) is 15.8 Å². The topological polar surface area (TPSA) is 70.2 Å². The molecular weight excluding hydrogens is 330 g/mol. The van der Waals surface area contributed by atoms with Crippen molar-refractivity contribution in [3.63, 3.8) is 0 Å². The minimum atomic E-state index is -0.263. The highest BCUT2D eigenvalue weighted by Gasteiger charge is 2.05. The van der Waals surface area contributed by atoms with E-state index in [9.17, 15) is 9.59 Å². The van der Waals surface area contributed by atoms with E-state index in [2.05, 4.69) is 31.9 Å². The summed E-state index contributed by atoms with van der Waals surface area (Å²) >= 11 is 4.98. The molecule has 1 aromatic rings. The van der Waals surface area contributed by atoms with Crippen LogP contribution in [0.1, 0.15) is 25.3 Å². The van der Waals surface area contributed by atoms with Gasteiger partial charge < -0.3 is 16.0 Å². The second-order valence-corrected chi connectivity index (χ2v) is 6.16. The molecule has 19 heavy (non-hydrogen) atoms. The number of hydrogen-bond donors (Lipinski definition) is 3. The second kappa shape index (κ2) is 8.92. The van der Waals surface area contributed by atoms with Crippen LogP contribution in [0.2, 0.25) is 0 Å². The van der Waals surface area contributed by atoms with Crippen LogP contribution in [-0.4, -0.2) is 25.0 Å². The van der Waals surface area contributed by atoms with Crippen LogP contribution < -0.4 is 16.0 Å². The molecule has 3 amide bonds. The van der Waals surface area contributed by atoms with Crippen molar-refractivity contribution in [2.24, 2.45) is 0 Å². The van der Waals surface area contributed by atoms with Gasteiger partial charge in [0.15, 0.2) is 0 Å². The van der Waals surface area contributed by atoms with E-state index in [1.54, 1.807) is 11.3 Å². The summed E-state index contributed by atoms with van der Waals surface area (Å²) in [7, 11) is 0. The minimum absolute atomic E-state index is 0.0391. The van der Waals surface area contributed by atoms with Crippen molar-refractivity contribution in [3.05, 3.63) is 20.8 Å². The Balaban J connectivity index is 2.11. The lowest BCUT2D eigenvalue weighted by molar-refractivity contribution is -0.120. The summed E-state index contributed by atoms with van der Waals surface area (Å²) in [4.78, 5) is 22.8. The molecule has 0 radical (unpaired) electrons. The Morgan fingerprint density at radius 2 is 2.05 bits per heavy atom. The molecule has 5 nitrogen and oxygen atoms in total. The Labute approximate surface area is 125 Å². The van der Waals surface area contributed by atoms with Gasteiger partial charge in [-0.25, -0.2) is 4.79 Å². The van der Waals surface area contributed by atoms with E-state index in [0.29, 0.717) is 26.1 Å². The molecule has 1 aromatic heterocycles. The van der Waals surface area contributed by atoms with Gasteiger partial charge >= 0.3 is 6.03 Å². The Morgan fingerprint density at radius 3 is 2.68 bits per heavy atom. The molecule has 1 heterocycles. The summed E-state index contributed by atoms with van der Waals surface area (Å²) in [5.41, 5.74) is 1.04. The summed E-state index contributed by atoms with van der Waals surface area (Å²) in [6.45, 7) is 3.48. The molecular formula is C12H18BrN3O2S. The zero-order valence-electron chi connectivity index (χ0n) is 10.8. The molecule has 0 bridgehead atoms. The molecule has 0 aliphatic rings. The molecule has 106 valence electrons. The summed E-state index contributed by atoms with van der Waals surface area (Å²) in [6.07, 6.45) is 1.21. The molecule has 0 saturated heterocycles. The summed E-state index contributed by atoms with van der Waals surface area (Å²) in [6, 6.07) is 1.69. The number of carbonyl (C=O) groups is 2. The van der Waals surface area contributed by atoms with Crippen molar-refractivity contribution in [2.45, 2.75) is 26.3 Å². The lowest BCUT2D eigenvalue weighted by atomic mass is 10.3. The Bertz CT molecular complexity index is 423. The van der Waals surface area contributed by atoms with E-state index in [4.69, 9.17) is 0 Å². The predicted molar refractivity (Wildman–Crippen MR) is 80.2 cm³/mol. The maximum absolute atomic E-state index is 11.5. The van der Waals surface area contributed by atoms with E-state index in [-0.39, 0.29) is 11.9 Å². The van der Waals surface area contributed by atoms with Gasteiger partial charge in [0.05, 0.1) is 3.79 Å². The molecule has 0 aromatic carbocycles. The van der Waals surface area contributed by atoms with Gasteiger partial charge in [-0.1, -0.05) is 6.92 Å². The molecule has 0 saturated carbocycles. The standard InChI is InChI=1S/C12H18BrN3O2S/c1-2-5-14-10(17)3-6-15-12(18)16-8-9-4-7-19-11(9)13/h4,7H,2-3,5-6,8H2,1H3,(H,14,17)(H2,15,16,18). The van der Waals surface area contributed by atoms with Crippen LogP contribution in [0.3, 0.4) is 0 Å². The highest BCUT2D eigenvalue weighted by atomic mass is 79.9. The Hall–Kier alpha value is -1.08. The van der Waals surface area contributed by atoms with Gasteiger partial charge in [0.25, 0.3) is 0 Å². The van der Waals surface area contributed by atoms with Gasteiger partial charge in [0, 0.05) is 26.1 Å². The molecule has 1 rings (SSSR count). The van der Waals surface area contributed by atoms with Gasteiger partial charge in [-0.15, -0.1) is 11.3 Å². The fourth-order valence-electron chi connectivity index (χ4n) is 1.33. The van der Waals surface area contributed by atoms with E-state index < -0.39 is 0 Å². The van der Waals surface area contributed by atoms with Crippen LogP contribution in [-0.2, 0) is 11.3 Å². The Morgan fingerprint density at radius 1 is 1.26 bits per heavy atom. The number of amides is 3. The molecule has 0 unspecified atom stereocenters. The monoisotopic (exact) mass is 347 g/mol. The SMILES string of the molecule is CCCNC(=O)CCNC(=O)NCc1ccsc1Br. The molecule has 0 fully saturated rings. The van der Waals surface area contributed by atoms with Crippen molar-refractivity contribution in [1.82, 2.24) is 16.0 Å². The van der Waals surface area contributed by atoms with Crippen molar-refractivity contribution in [2.75, 3.05) is 13.1 Å². The number of hydrogen-bond acceptors (Lipinski definition) is 3. The van der Waals surface area contributed by atoms with Crippen molar-refractivity contribution in [3.8, 4) is 0 Å². The quantitative estimate of drug-likeness (QED) is 0.707. The second-order valence-electron chi connectivity index (χ2n) is 3.93. The highest BCUT2D eigenvalue weighted by molar-refractivity contribution is 9.11. The van der Waals surface area contributed by atoms with Crippen LogP contribution in [0.15, 0.2) is 15.2 Å². The third kappa shape index (κ3) is 6.58. The maximum Gasteiger partial charge on any atom is 0.315 e. The average molecular weight is 348 g/mol. The van der Waals surface area contributed by atoms with Crippen LogP contribution in [0.4, 0.5) is 4.79 Å². The summed E-state index contributed by atoms with van der Waals surface area (Å²) < 4.78 is 1.02. The number of rotatable bonds is 7. The lowest BCUT2D eigenvalue weighted by Crippen LogP contribution is -2.37. The van der Waals surface area contributed by atoms with Crippen LogP contribution in [0.5, 0.6) is 0 Å². The molecule has 0 aliphatic carbocycles. The first-order valence-corrected chi connectivity index (χ1v) is 7.81. The van der Waals surface area contributed by atoms with E-state index >= 15 is 0 Å². The van der Waals surface area contributed by atoms with Gasteiger partial charge in [0.2, 0.25) is 5.91 Å². The molecule has 3 N–H and O–H groups in total. The van der Waals surface area contributed by atoms with Crippen LogP contribution >= 0.6 is 27.3 Å². The first-order valence-electron chi connectivity index (χ1n) is 6.13. The fraction of sp³-hybridized carbons (Fsp3) is 0.500. The summed E-state index contributed by atoms with van der Waals surface area (Å²) in [5.74, 6) is -0.0391. The summed E-state index contributed by atoms with van der Waals surface area (Å²) in [5, 5.41) is 10.1. The normalized spacial score (nSPS) is 10.0. The van der Waals surface area contributed by atoms with Crippen molar-refractivity contribution in [1.29, 1.82) is 0 Å². The van der Waals surface area contributed by atoms with E-state index in [1.165, 1.54) is 0 Å². The molecule has 7 heteroatoms. The number of urea groups is 1. The van der Waals surface area contributed by atoms with Gasteiger partial charge in [-0.2, -0.15) is 0 Å². The first-order chi connectivity index (χ1) is 9.13. The zero-order valence-corrected chi connectivity index (χ0v) is 13.2. The molecule has 0 spiro atoms. The molecule has 0 aliphatic heterocycles. The largest absolute Gasteiger partial charge is 0.356 e. The van der Waals surface area contributed by atoms with Gasteiger partial charge in [-0.05, 0) is 39.4 Å². The van der Waals surface area contributed by atoms with Crippen molar-refractivity contribution < 1.29 is 9.59 Å². The third-order valence-corrected chi connectivity index (χ3v) is 4.15. The zero-order chi connectivity index (χ0) is 14.1. The molecule has 0 atom stereocenters. The predicted octanol–water partition coefficient (Wildman–Crippen LogP) is 2.23. The van der Waals surface area contributed by atoms with Crippen LogP contribution in [0, 0.1) is 0 Å². The fourth-order valence-corrected chi connectivity index (χ4v) is 2.57. The smallest absolute Gasteiger partial charge is 0.315 e. The Kier molecular flexibility index (Phi) is 7.50. The minimum Gasteiger partial charge on any atom is -0.356 e. The number of halogens is 1. The third-order valence-electron chi connectivity index (χ3n) is 2.34. The highest BCUT2D eigenvalue weighted by Crippen LogP contribution is 2.22. The average Bonchev–Trinajstić information content (AvgIpc) is 2.79. The van der Waals surface area contributed by atoms with Crippen LogP contribution in [0.25, 0.3) is 0 Å².